The van der Waals surface area contributed by atoms with Crippen molar-refractivity contribution in [2.45, 2.75) is 64.3 Å². The first-order valence-electron chi connectivity index (χ1n) is 13.2. The van der Waals surface area contributed by atoms with Crippen LogP contribution in [0, 0.1) is 5.92 Å². The molecule has 1 atom stereocenters. The third-order valence-corrected chi connectivity index (χ3v) is 6.77. The van der Waals surface area contributed by atoms with E-state index in [0.717, 1.165) is 61.6 Å². The largest absolute Gasteiger partial charge is 0.477 e. The number of aromatic nitrogens is 4. The average molecular weight is 490 g/mol. The number of ether oxygens (including phenoxy) is 2. The number of nitrogens with one attached hydrogen (secondary N) is 1. The lowest BCUT2D eigenvalue weighted by Gasteiger charge is -2.18. The number of rotatable bonds is 12. The molecule has 3 aromatic rings. The molecule has 4 heterocycles. The van der Waals surface area contributed by atoms with Gasteiger partial charge in [-0.25, -0.2) is 9.97 Å². The molecule has 0 radical (unpaired) electrons. The summed E-state index contributed by atoms with van der Waals surface area (Å²) in [6.07, 6.45) is 11.4. The Hall–Kier alpha value is -3.42. The zero-order valence-corrected chi connectivity index (χ0v) is 21.0. The smallest absolute Gasteiger partial charge is 0.308 e. The molecule has 36 heavy (non-hydrogen) atoms. The van der Waals surface area contributed by atoms with Gasteiger partial charge < -0.3 is 14.8 Å². The van der Waals surface area contributed by atoms with Crippen LogP contribution >= 0.6 is 0 Å². The van der Waals surface area contributed by atoms with Gasteiger partial charge in [0.15, 0.2) is 0 Å². The zero-order chi connectivity index (χ0) is 24.7. The van der Waals surface area contributed by atoms with Crippen LogP contribution in [0.1, 0.15) is 67.6 Å². The normalized spacial score (nSPS) is 15.6. The molecule has 0 bridgehead atoms. The molecule has 0 aromatic carbocycles. The van der Waals surface area contributed by atoms with Crippen molar-refractivity contribution < 1.29 is 14.3 Å². The number of hydrogen-bond acceptors (Lipinski definition) is 7. The van der Waals surface area contributed by atoms with E-state index in [-0.39, 0.29) is 18.4 Å². The van der Waals surface area contributed by atoms with Crippen molar-refractivity contribution in [1.29, 1.82) is 0 Å². The van der Waals surface area contributed by atoms with E-state index >= 15 is 0 Å². The van der Waals surface area contributed by atoms with Gasteiger partial charge in [-0.05, 0) is 87.1 Å². The minimum Gasteiger partial charge on any atom is -0.477 e. The highest BCUT2D eigenvalue weighted by atomic mass is 16.5. The standard InChI is InChI=1S/C28H35N5O3/c1-2-35-27(34)17-25(22-11-13-26(30-18-22)36-19-20-8-9-20)33-16-14-24(32-33)7-3-6-23-12-10-21-5-4-15-29-28(21)31-23/h10-14,16,18,20,25H,2-9,15,17,19H2,1H3,(H,29,31)/t25-/m0/s1. The molecule has 0 amide bonds. The van der Waals surface area contributed by atoms with Gasteiger partial charge in [-0.1, -0.05) is 6.07 Å². The monoisotopic (exact) mass is 489 g/mol. The van der Waals surface area contributed by atoms with Crippen molar-refractivity contribution in [3.63, 3.8) is 0 Å². The highest BCUT2D eigenvalue weighted by Crippen LogP contribution is 2.30. The maximum Gasteiger partial charge on any atom is 0.308 e. The lowest BCUT2D eigenvalue weighted by molar-refractivity contribution is -0.143. The second kappa shape index (κ2) is 11.5. The molecule has 1 saturated carbocycles. The maximum absolute atomic E-state index is 12.4. The first-order valence-corrected chi connectivity index (χ1v) is 13.2. The number of carbonyl (C=O) groups is 1. The van der Waals surface area contributed by atoms with Crippen LogP contribution in [-0.2, 0) is 28.8 Å². The van der Waals surface area contributed by atoms with E-state index in [0.29, 0.717) is 18.4 Å². The predicted octanol–water partition coefficient (Wildman–Crippen LogP) is 4.54. The number of esters is 1. The molecule has 3 aromatic heterocycles. The Morgan fingerprint density at radius 1 is 1.17 bits per heavy atom. The number of carbonyl (C=O) groups excluding carboxylic acids is 1. The van der Waals surface area contributed by atoms with Gasteiger partial charge in [0.05, 0.1) is 31.4 Å². The van der Waals surface area contributed by atoms with E-state index in [1.807, 2.05) is 36.0 Å². The summed E-state index contributed by atoms with van der Waals surface area (Å²) in [6, 6.07) is 9.94. The minimum absolute atomic E-state index is 0.199. The second-order valence-corrected chi connectivity index (χ2v) is 9.69. The van der Waals surface area contributed by atoms with Crippen LogP contribution in [0.3, 0.4) is 0 Å². The molecule has 8 heteroatoms. The van der Waals surface area contributed by atoms with Crippen molar-refractivity contribution in [2.75, 3.05) is 25.1 Å². The number of nitrogens with zero attached hydrogens (tertiary/aromatic N) is 4. The lowest BCUT2D eigenvalue weighted by Crippen LogP contribution is -2.18. The summed E-state index contributed by atoms with van der Waals surface area (Å²) in [4.78, 5) is 21.6. The number of hydrogen-bond donors (Lipinski definition) is 1. The van der Waals surface area contributed by atoms with Gasteiger partial charge in [0, 0.05) is 30.7 Å². The van der Waals surface area contributed by atoms with E-state index in [9.17, 15) is 4.79 Å². The molecule has 190 valence electrons. The number of pyridine rings is 2. The summed E-state index contributed by atoms with van der Waals surface area (Å²) in [5.41, 5.74) is 4.32. The van der Waals surface area contributed by atoms with E-state index in [1.54, 1.807) is 6.20 Å². The van der Waals surface area contributed by atoms with Crippen molar-refractivity contribution >= 4 is 11.8 Å². The van der Waals surface area contributed by atoms with Crippen molar-refractivity contribution in [3.05, 3.63) is 65.2 Å². The van der Waals surface area contributed by atoms with Crippen molar-refractivity contribution in [2.24, 2.45) is 5.92 Å². The Kier molecular flexibility index (Phi) is 7.79. The summed E-state index contributed by atoms with van der Waals surface area (Å²) >= 11 is 0. The summed E-state index contributed by atoms with van der Waals surface area (Å²) in [5.74, 6) is 2.08. The molecule has 0 spiro atoms. The SMILES string of the molecule is CCOC(=O)C[C@@H](c1ccc(OCC2CC2)nc1)n1ccc(CCCc2ccc3c(n2)NCCC3)n1. The third kappa shape index (κ3) is 6.42. The summed E-state index contributed by atoms with van der Waals surface area (Å²) in [5, 5.41) is 8.22. The second-order valence-electron chi connectivity index (χ2n) is 9.69. The average Bonchev–Trinajstić information content (AvgIpc) is 3.62. The highest BCUT2D eigenvalue weighted by molar-refractivity contribution is 5.70. The summed E-state index contributed by atoms with van der Waals surface area (Å²) in [7, 11) is 0. The fourth-order valence-electron chi connectivity index (χ4n) is 4.55. The molecule has 1 fully saturated rings. The molecule has 2 aliphatic rings. The van der Waals surface area contributed by atoms with Crippen LogP contribution < -0.4 is 10.1 Å². The number of aryl methyl sites for hydroxylation is 3. The molecule has 1 aliphatic heterocycles. The van der Waals surface area contributed by atoms with Crippen LogP contribution in [0.25, 0.3) is 0 Å². The molecule has 0 unspecified atom stereocenters. The Bertz CT molecular complexity index is 1160. The van der Waals surface area contributed by atoms with Crippen molar-refractivity contribution in [3.8, 4) is 5.88 Å². The molecular formula is C28H35N5O3. The van der Waals surface area contributed by atoms with E-state index in [2.05, 4.69) is 22.4 Å². The van der Waals surface area contributed by atoms with Gasteiger partial charge in [-0.2, -0.15) is 5.10 Å². The first kappa shape index (κ1) is 24.3. The zero-order valence-electron chi connectivity index (χ0n) is 21.0. The lowest BCUT2D eigenvalue weighted by atomic mass is 10.1. The van der Waals surface area contributed by atoms with Crippen LogP contribution in [0.15, 0.2) is 42.7 Å². The Morgan fingerprint density at radius 3 is 2.86 bits per heavy atom. The molecule has 0 saturated heterocycles. The predicted molar refractivity (Wildman–Crippen MR) is 137 cm³/mol. The first-order chi connectivity index (χ1) is 17.7. The Morgan fingerprint density at radius 2 is 2.06 bits per heavy atom. The summed E-state index contributed by atoms with van der Waals surface area (Å²) < 4.78 is 12.9. The van der Waals surface area contributed by atoms with Gasteiger partial charge in [0.1, 0.15) is 5.82 Å². The highest BCUT2D eigenvalue weighted by Gasteiger charge is 2.23. The minimum atomic E-state index is -0.281. The van der Waals surface area contributed by atoms with Crippen molar-refractivity contribution in [1.82, 2.24) is 19.7 Å². The molecular weight excluding hydrogens is 454 g/mol. The topological polar surface area (TPSA) is 91.2 Å². The molecule has 1 N–H and O–H groups in total. The van der Waals surface area contributed by atoms with Gasteiger partial charge in [0.25, 0.3) is 0 Å². The van der Waals surface area contributed by atoms with Gasteiger partial charge in [0.2, 0.25) is 5.88 Å². The fraction of sp³-hybridized carbons (Fsp3) is 0.500. The van der Waals surface area contributed by atoms with Crippen LogP contribution in [0.2, 0.25) is 0 Å². The van der Waals surface area contributed by atoms with E-state index < -0.39 is 0 Å². The van der Waals surface area contributed by atoms with Crippen LogP contribution in [0.4, 0.5) is 5.82 Å². The Balaban J connectivity index is 1.22. The molecule has 8 nitrogen and oxygen atoms in total. The third-order valence-electron chi connectivity index (χ3n) is 6.77. The van der Waals surface area contributed by atoms with Gasteiger partial charge in [-0.15, -0.1) is 0 Å². The maximum atomic E-state index is 12.4. The fourth-order valence-corrected chi connectivity index (χ4v) is 4.55. The van der Waals surface area contributed by atoms with Crippen LogP contribution in [-0.4, -0.2) is 45.5 Å². The van der Waals surface area contributed by atoms with Crippen LogP contribution in [0.5, 0.6) is 5.88 Å². The molecule has 5 rings (SSSR count). The molecule has 1 aliphatic carbocycles. The Labute approximate surface area is 212 Å². The van der Waals surface area contributed by atoms with E-state index in [4.69, 9.17) is 19.6 Å². The summed E-state index contributed by atoms with van der Waals surface area (Å²) in [6.45, 7) is 3.90. The van der Waals surface area contributed by atoms with Gasteiger partial charge >= 0.3 is 5.97 Å². The quantitative estimate of drug-likeness (QED) is 0.374. The number of fused-ring (bicyclic) bond motifs is 1. The van der Waals surface area contributed by atoms with E-state index in [1.165, 1.54) is 24.8 Å². The van der Waals surface area contributed by atoms with Gasteiger partial charge in [-0.3, -0.25) is 9.48 Å². The number of anilines is 1.